The second-order valence-electron chi connectivity index (χ2n) is 5.72. The molecule has 3 aromatic rings. The fraction of sp³-hybridized carbons (Fsp3) is 0.167. The normalized spacial score (nSPS) is 11.2. The van der Waals surface area contributed by atoms with E-state index in [9.17, 15) is 22.8 Å². The van der Waals surface area contributed by atoms with Crippen molar-refractivity contribution in [1.82, 2.24) is 15.1 Å². The summed E-state index contributed by atoms with van der Waals surface area (Å²) in [5.41, 5.74) is -0.517. The number of urea groups is 1. The van der Waals surface area contributed by atoms with Gasteiger partial charge in [0.25, 0.3) is 5.56 Å². The molecule has 0 atom stereocenters. The predicted octanol–water partition coefficient (Wildman–Crippen LogP) is 3.81. The van der Waals surface area contributed by atoms with E-state index in [4.69, 9.17) is 0 Å². The van der Waals surface area contributed by atoms with E-state index in [1.165, 1.54) is 34.2 Å². The van der Waals surface area contributed by atoms with E-state index < -0.39 is 17.8 Å². The second-order valence-corrected chi connectivity index (χ2v) is 6.66. The van der Waals surface area contributed by atoms with Crippen LogP contribution in [0.5, 0.6) is 0 Å². The van der Waals surface area contributed by atoms with Crippen molar-refractivity contribution >= 4 is 23.1 Å². The summed E-state index contributed by atoms with van der Waals surface area (Å²) >= 11 is 1.49. The van der Waals surface area contributed by atoms with Crippen LogP contribution in [0.4, 0.5) is 23.7 Å². The summed E-state index contributed by atoms with van der Waals surface area (Å²) in [6, 6.07) is 10.4. The lowest BCUT2D eigenvalue weighted by atomic mass is 10.2. The van der Waals surface area contributed by atoms with Gasteiger partial charge >= 0.3 is 12.2 Å². The van der Waals surface area contributed by atoms with Crippen molar-refractivity contribution in [2.24, 2.45) is 0 Å². The molecule has 3 rings (SSSR count). The minimum absolute atomic E-state index is 0.0160. The third kappa shape index (κ3) is 4.97. The first-order valence-corrected chi connectivity index (χ1v) is 9.05. The Hall–Kier alpha value is -3.14. The highest BCUT2D eigenvalue weighted by atomic mass is 32.1. The molecule has 0 unspecified atom stereocenters. The van der Waals surface area contributed by atoms with Crippen molar-refractivity contribution in [2.75, 3.05) is 11.9 Å². The minimum Gasteiger partial charge on any atom is -0.336 e. The number of hydrogen-bond donors (Lipinski definition) is 2. The van der Waals surface area contributed by atoms with Crippen LogP contribution in [0.2, 0.25) is 0 Å². The maximum atomic E-state index is 12.7. The third-order valence-electron chi connectivity index (χ3n) is 3.70. The molecule has 0 aliphatic carbocycles. The summed E-state index contributed by atoms with van der Waals surface area (Å²) in [6.45, 7) is 0.194. The molecule has 0 saturated heterocycles. The van der Waals surface area contributed by atoms with Gasteiger partial charge in [-0.1, -0.05) is 12.1 Å². The lowest BCUT2D eigenvalue weighted by molar-refractivity contribution is -0.137. The molecule has 146 valence electrons. The summed E-state index contributed by atoms with van der Waals surface area (Å²) in [5, 5.41) is 11.0. The van der Waals surface area contributed by atoms with Gasteiger partial charge in [0.15, 0.2) is 0 Å². The van der Waals surface area contributed by atoms with E-state index in [2.05, 4.69) is 15.7 Å². The SMILES string of the molecule is O=C(NCCn1nc(-c2cccs2)ccc1=O)Nc1cccc(C(F)(F)F)c1. The number of alkyl halides is 3. The molecule has 0 aliphatic heterocycles. The van der Waals surface area contributed by atoms with Gasteiger partial charge in [0, 0.05) is 18.3 Å². The molecule has 2 N–H and O–H groups in total. The summed E-state index contributed by atoms with van der Waals surface area (Å²) in [4.78, 5) is 24.7. The number of nitrogens with one attached hydrogen (secondary N) is 2. The molecule has 0 spiro atoms. The Labute approximate surface area is 161 Å². The molecule has 6 nitrogen and oxygen atoms in total. The van der Waals surface area contributed by atoms with Crippen LogP contribution in [0.3, 0.4) is 0 Å². The minimum atomic E-state index is -4.49. The number of nitrogens with zero attached hydrogens (tertiary/aromatic N) is 2. The zero-order chi connectivity index (χ0) is 20.1. The number of aromatic nitrogens is 2. The molecule has 28 heavy (non-hydrogen) atoms. The molecule has 0 aliphatic rings. The monoisotopic (exact) mass is 408 g/mol. The van der Waals surface area contributed by atoms with Crippen LogP contribution in [-0.2, 0) is 12.7 Å². The van der Waals surface area contributed by atoms with Gasteiger partial charge in [-0.3, -0.25) is 4.79 Å². The zero-order valence-electron chi connectivity index (χ0n) is 14.4. The molecular formula is C18H15F3N4O2S. The third-order valence-corrected chi connectivity index (χ3v) is 4.59. The van der Waals surface area contributed by atoms with Crippen LogP contribution >= 0.6 is 11.3 Å². The molecule has 10 heteroatoms. The molecule has 0 fully saturated rings. The Bertz CT molecular complexity index is 1020. The van der Waals surface area contributed by atoms with E-state index >= 15 is 0 Å². The van der Waals surface area contributed by atoms with E-state index in [1.807, 2.05) is 17.5 Å². The summed E-state index contributed by atoms with van der Waals surface area (Å²) < 4.78 is 39.3. The standard InChI is InChI=1S/C18H15F3N4O2S/c19-18(20,21)12-3-1-4-13(11-12)23-17(27)22-8-9-25-16(26)7-6-14(24-25)15-5-2-10-28-15/h1-7,10-11H,8-9H2,(H2,22,23,27). The zero-order valence-corrected chi connectivity index (χ0v) is 15.2. The van der Waals surface area contributed by atoms with E-state index in [-0.39, 0.29) is 24.3 Å². The van der Waals surface area contributed by atoms with Crippen LogP contribution in [-0.4, -0.2) is 22.4 Å². The number of carbonyl (C=O) groups is 1. The summed E-state index contributed by atoms with van der Waals surface area (Å²) in [7, 11) is 0. The van der Waals surface area contributed by atoms with Crippen molar-refractivity contribution in [3.63, 3.8) is 0 Å². The first kappa shape index (κ1) is 19.6. The van der Waals surface area contributed by atoms with E-state index in [0.717, 1.165) is 17.0 Å². The molecule has 2 amide bonds. The van der Waals surface area contributed by atoms with Crippen LogP contribution in [0, 0.1) is 0 Å². The summed E-state index contributed by atoms with van der Waals surface area (Å²) in [6.07, 6.45) is -4.49. The summed E-state index contributed by atoms with van der Waals surface area (Å²) in [5.74, 6) is 0. The quantitative estimate of drug-likeness (QED) is 0.674. The Morgan fingerprint density at radius 1 is 1.14 bits per heavy atom. The van der Waals surface area contributed by atoms with Crippen molar-refractivity contribution in [1.29, 1.82) is 0 Å². The lowest BCUT2D eigenvalue weighted by Gasteiger charge is -2.11. The van der Waals surface area contributed by atoms with Crippen LogP contribution < -0.4 is 16.2 Å². The number of thiophene rings is 1. The maximum Gasteiger partial charge on any atom is 0.416 e. The van der Waals surface area contributed by atoms with E-state index in [0.29, 0.717) is 5.69 Å². The van der Waals surface area contributed by atoms with Gasteiger partial charge in [0.2, 0.25) is 0 Å². The first-order valence-electron chi connectivity index (χ1n) is 8.17. The maximum absolute atomic E-state index is 12.7. The number of benzene rings is 1. The topological polar surface area (TPSA) is 76.0 Å². The number of rotatable bonds is 5. The number of amides is 2. The van der Waals surface area contributed by atoms with Gasteiger partial charge in [-0.2, -0.15) is 18.3 Å². The van der Waals surface area contributed by atoms with E-state index in [1.54, 1.807) is 6.07 Å². The van der Waals surface area contributed by atoms with Crippen molar-refractivity contribution in [3.05, 3.63) is 69.8 Å². The average molecular weight is 408 g/mol. The van der Waals surface area contributed by atoms with Gasteiger partial charge in [-0.05, 0) is 35.7 Å². The Morgan fingerprint density at radius 3 is 2.68 bits per heavy atom. The van der Waals surface area contributed by atoms with Crippen molar-refractivity contribution in [3.8, 4) is 10.6 Å². The number of anilines is 1. The smallest absolute Gasteiger partial charge is 0.336 e. The van der Waals surface area contributed by atoms with Crippen molar-refractivity contribution < 1.29 is 18.0 Å². The van der Waals surface area contributed by atoms with Gasteiger partial charge in [-0.15, -0.1) is 11.3 Å². The number of hydrogen-bond acceptors (Lipinski definition) is 4. The molecule has 1 aromatic carbocycles. The number of halogens is 3. The van der Waals surface area contributed by atoms with Gasteiger partial charge in [-0.25, -0.2) is 9.48 Å². The first-order chi connectivity index (χ1) is 13.3. The Morgan fingerprint density at radius 2 is 1.96 bits per heavy atom. The highest BCUT2D eigenvalue weighted by molar-refractivity contribution is 7.13. The second kappa shape index (κ2) is 8.26. The molecule has 0 radical (unpaired) electrons. The van der Waals surface area contributed by atoms with Crippen LogP contribution in [0.25, 0.3) is 10.6 Å². The predicted molar refractivity (Wildman–Crippen MR) is 100 cm³/mol. The molecular weight excluding hydrogens is 393 g/mol. The highest BCUT2D eigenvalue weighted by Gasteiger charge is 2.30. The van der Waals surface area contributed by atoms with Gasteiger partial charge in [0.1, 0.15) is 5.69 Å². The van der Waals surface area contributed by atoms with Crippen molar-refractivity contribution in [2.45, 2.75) is 12.7 Å². The lowest BCUT2D eigenvalue weighted by Crippen LogP contribution is -2.34. The molecule has 2 heterocycles. The average Bonchev–Trinajstić information content (AvgIpc) is 3.17. The van der Waals surface area contributed by atoms with Crippen LogP contribution in [0.1, 0.15) is 5.56 Å². The Balaban J connectivity index is 1.58. The number of carbonyl (C=O) groups excluding carboxylic acids is 1. The fourth-order valence-corrected chi connectivity index (χ4v) is 3.08. The highest BCUT2D eigenvalue weighted by Crippen LogP contribution is 2.30. The van der Waals surface area contributed by atoms with Crippen LogP contribution in [0.15, 0.2) is 58.7 Å². The largest absolute Gasteiger partial charge is 0.416 e. The fourth-order valence-electron chi connectivity index (χ4n) is 2.39. The van der Waals surface area contributed by atoms with Gasteiger partial charge < -0.3 is 10.6 Å². The Kier molecular flexibility index (Phi) is 5.78. The van der Waals surface area contributed by atoms with Gasteiger partial charge in [0.05, 0.1) is 17.0 Å². The molecule has 0 saturated carbocycles. The molecule has 2 aromatic heterocycles. The molecule has 0 bridgehead atoms.